The van der Waals surface area contributed by atoms with E-state index >= 15 is 0 Å². The number of hydrogen-bond acceptors (Lipinski definition) is 4. The molecule has 4 aromatic rings. The Kier molecular flexibility index (Phi) is 7.52. The molecule has 0 radical (unpaired) electrons. The van der Waals surface area contributed by atoms with Crippen molar-refractivity contribution in [1.82, 2.24) is 0 Å². The molecular formula is C35H29F3N2O3. The molecule has 0 unspecified atom stereocenters. The van der Waals surface area contributed by atoms with E-state index in [9.17, 15) is 22.8 Å². The molecule has 43 heavy (non-hydrogen) atoms. The lowest BCUT2D eigenvalue weighted by Crippen LogP contribution is -2.45. The number of aryl methyl sites for hydroxylation is 1. The quantitative estimate of drug-likeness (QED) is 0.259. The molecule has 218 valence electrons. The number of allylic oxidation sites excluding steroid dienone is 1. The Bertz CT molecular complexity index is 1680. The molecule has 0 spiro atoms. The number of nitrogens with zero attached hydrogens (tertiary/aromatic N) is 1. The zero-order valence-corrected chi connectivity index (χ0v) is 23.4. The lowest BCUT2D eigenvalue weighted by Gasteiger charge is -2.35. The van der Waals surface area contributed by atoms with E-state index in [-0.39, 0.29) is 29.4 Å². The molecule has 0 bridgehead atoms. The summed E-state index contributed by atoms with van der Waals surface area (Å²) < 4.78 is 48.4. The van der Waals surface area contributed by atoms with Gasteiger partial charge in [0.15, 0.2) is 5.78 Å². The molecule has 1 aliphatic heterocycles. The van der Waals surface area contributed by atoms with Crippen molar-refractivity contribution in [2.75, 3.05) is 10.2 Å². The van der Waals surface area contributed by atoms with Crippen molar-refractivity contribution in [2.24, 2.45) is 0 Å². The van der Waals surface area contributed by atoms with E-state index in [1.807, 2.05) is 61.5 Å². The highest BCUT2D eigenvalue weighted by Gasteiger charge is 2.50. The van der Waals surface area contributed by atoms with Crippen LogP contribution in [0.2, 0.25) is 0 Å². The van der Waals surface area contributed by atoms with Gasteiger partial charge in [0, 0.05) is 17.7 Å². The minimum atomic E-state index is -5.17. The number of nitrogens with one attached hydrogen (secondary N) is 1. The zero-order valence-electron chi connectivity index (χ0n) is 23.4. The van der Waals surface area contributed by atoms with Gasteiger partial charge in [-0.3, -0.25) is 14.5 Å². The summed E-state index contributed by atoms with van der Waals surface area (Å²) in [5.41, 5.74) is 4.46. The summed E-state index contributed by atoms with van der Waals surface area (Å²) in [5, 5.41) is 3.26. The summed E-state index contributed by atoms with van der Waals surface area (Å²) in [6.45, 7) is 2.29. The Morgan fingerprint density at radius 1 is 0.860 bits per heavy atom. The number of carbonyl (C=O) groups excluding carboxylic acids is 2. The Morgan fingerprint density at radius 3 is 2.21 bits per heavy atom. The van der Waals surface area contributed by atoms with E-state index in [1.54, 1.807) is 42.5 Å². The monoisotopic (exact) mass is 582 g/mol. The molecule has 5 nitrogen and oxygen atoms in total. The van der Waals surface area contributed by atoms with Crippen molar-refractivity contribution in [1.29, 1.82) is 0 Å². The molecule has 0 saturated carbocycles. The molecule has 0 fully saturated rings. The third-order valence-corrected chi connectivity index (χ3v) is 7.94. The van der Waals surface area contributed by atoms with Crippen LogP contribution in [0, 0.1) is 6.92 Å². The van der Waals surface area contributed by atoms with Crippen molar-refractivity contribution < 1.29 is 27.5 Å². The molecule has 2 atom stereocenters. The van der Waals surface area contributed by atoms with Gasteiger partial charge in [-0.15, -0.1) is 0 Å². The number of para-hydroxylation sites is 2. The van der Waals surface area contributed by atoms with Crippen molar-refractivity contribution in [3.8, 4) is 5.75 Å². The number of fused-ring (bicyclic) bond motifs is 1. The second-order valence-electron chi connectivity index (χ2n) is 10.9. The average molecular weight is 583 g/mol. The first-order chi connectivity index (χ1) is 20.7. The third-order valence-electron chi connectivity index (χ3n) is 7.94. The van der Waals surface area contributed by atoms with Gasteiger partial charge in [0.2, 0.25) is 0 Å². The van der Waals surface area contributed by atoms with E-state index in [1.165, 1.54) is 6.07 Å². The first kappa shape index (κ1) is 28.3. The van der Waals surface area contributed by atoms with Gasteiger partial charge >= 0.3 is 12.1 Å². The lowest BCUT2D eigenvalue weighted by atomic mass is 9.78. The number of carbonyl (C=O) groups is 2. The number of hydrogen-bond donors (Lipinski definition) is 1. The van der Waals surface area contributed by atoms with Crippen LogP contribution in [0.5, 0.6) is 5.75 Å². The molecule has 6 rings (SSSR count). The number of halogens is 3. The number of ether oxygens (including phenoxy) is 1. The molecule has 0 saturated heterocycles. The summed E-state index contributed by atoms with van der Waals surface area (Å²) in [5.74, 6) is -2.00. The predicted molar refractivity (Wildman–Crippen MR) is 159 cm³/mol. The number of anilines is 2. The predicted octanol–water partition coefficient (Wildman–Crippen LogP) is 8.04. The second-order valence-corrected chi connectivity index (χ2v) is 10.9. The SMILES string of the molecule is Cc1ccc([C@@H]2CC(=O)C3=C(C2)Nc2ccccc2N(C(=O)C(F)(F)F)[C@H]3c2ccc(OCc3ccccc3)cc2)cc1. The summed E-state index contributed by atoms with van der Waals surface area (Å²) in [4.78, 5) is 27.8. The van der Waals surface area contributed by atoms with Crippen LogP contribution in [0.3, 0.4) is 0 Å². The van der Waals surface area contributed by atoms with Crippen LogP contribution in [0.1, 0.15) is 47.1 Å². The van der Waals surface area contributed by atoms with Crippen LogP contribution >= 0.6 is 0 Å². The number of rotatable bonds is 5. The summed E-state index contributed by atoms with van der Waals surface area (Å²) in [7, 11) is 0. The van der Waals surface area contributed by atoms with Crippen LogP contribution in [-0.2, 0) is 16.2 Å². The number of alkyl halides is 3. The molecule has 0 aromatic heterocycles. The third kappa shape index (κ3) is 5.78. The Labute approximate surface area is 247 Å². The maximum atomic E-state index is 14.2. The molecule has 1 amide bonds. The van der Waals surface area contributed by atoms with Gasteiger partial charge in [0.25, 0.3) is 0 Å². The van der Waals surface area contributed by atoms with Crippen molar-refractivity contribution >= 4 is 23.1 Å². The topological polar surface area (TPSA) is 58.6 Å². The molecule has 8 heteroatoms. The van der Waals surface area contributed by atoms with Crippen molar-refractivity contribution in [3.05, 3.63) is 137 Å². The van der Waals surface area contributed by atoms with Crippen LogP contribution in [0.4, 0.5) is 24.5 Å². The zero-order chi connectivity index (χ0) is 30.1. The fraction of sp³-hybridized carbons (Fsp3) is 0.200. The minimum Gasteiger partial charge on any atom is -0.489 e. The Morgan fingerprint density at radius 2 is 1.51 bits per heavy atom. The molecule has 1 aliphatic carbocycles. The van der Waals surface area contributed by atoms with Crippen molar-refractivity contribution in [2.45, 2.75) is 44.5 Å². The normalized spacial score (nSPS) is 18.3. The van der Waals surface area contributed by atoms with E-state index in [2.05, 4.69) is 5.32 Å². The smallest absolute Gasteiger partial charge is 0.471 e. The molecule has 2 aliphatic rings. The van der Waals surface area contributed by atoms with E-state index in [0.29, 0.717) is 40.6 Å². The minimum absolute atomic E-state index is 0.0494. The molecule has 1 heterocycles. The number of amides is 1. The van der Waals surface area contributed by atoms with Gasteiger partial charge in [-0.2, -0.15) is 13.2 Å². The molecule has 1 N–H and O–H groups in total. The second kappa shape index (κ2) is 11.4. The summed E-state index contributed by atoms with van der Waals surface area (Å²) in [6.07, 6.45) is -4.65. The highest BCUT2D eigenvalue weighted by molar-refractivity contribution is 6.07. The van der Waals surface area contributed by atoms with E-state index < -0.39 is 18.1 Å². The summed E-state index contributed by atoms with van der Waals surface area (Å²) >= 11 is 0. The maximum absolute atomic E-state index is 14.2. The van der Waals surface area contributed by atoms with Crippen LogP contribution in [0.15, 0.2) is 114 Å². The van der Waals surface area contributed by atoms with Gasteiger partial charge in [-0.05, 0) is 60.2 Å². The van der Waals surface area contributed by atoms with Gasteiger partial charge in [0.05, 0.1) is 17.4 Å². The van der Waals surface area contributed by atoms with Gasteiger partial charge < -0.3 is 10.1 Å². The molecule has 4 aromatic carbocycles. The average Bonchev–Trinajstić information content (AvgIpc) is 3.15. The number of ketones is 1. The Hall–Kier alpha value is -4.85. The standard InChI is InChI=1S/C35H29F3N2O3/c1-22-11-13-24(14-12-22)26-19-29-32(31(41)20-26)33(25-15-17-27(18-16-25)43-21-23-7-3-2-4-8-23)40(34(42)35(36,37)38)30-10-6-5-9-28(30)39-29/h2-18,26,33,39H,19-21H2,1H3/t26-,33-/m0/s1. The van der Waals surface area contributed by atoms with Gasteiger partial charge in [-0.1, -0.05) is 84.4 Å². The van der Waals surface area contributed by atoms with E-state index in [4.69, 9.17) is 4.74 Å². The van der Waals surface area contributed by atoms with Crippen LogP contribution in [-0.4, -0.2) is 17.9 Å². The highest BCUT2D eigenvalue weighted by Crippen LogP contribution is 2.48. The number of benzene rings is 4. The van der Waals surface area contributed by atoms with Crippen molar-refractivity contribution in [3.63, 3.8) is 0 Å². The Balaban J connectivity index is 1.44. The highest BCUT2D eigenvalue weighted by atomic mass is 19.4. The van der Waals surface area contributed by atoms with Crippen LogP contribution in [0.25, 0.3) is 0 Å². The number of Topliss-reactive ketones (excluding diaryl/α,β-unsaturated/α-hetero) is 1. The first-order valence-electron chi connectivity index (χ1n) is 14.0. The first-order valence-corrected chi connectivity index (χ1v) is 14.0. The van der Waals surface area contributed by atoms with E-state index in [0.717, 1.165) is 16.7 Å². The fourth-order valence-corrected chi connectivity index (χ4v) is 5.83. The maximum Gasteiger partial charge on any atom is 0.471 e. The van der Waals surface area contributed by atoms with Gasteiger partial charge in [-0.25, -0.2) is 0 Å². The fourth-order valence-electron chi connectivity index (χ4n) is 5.83. The summed E-state index contributed by atoms with van der Waals surface area (Å²) in [6, 6.07) is 29.1. The lowest BCUT2D eigenvalue weighted by molar-refractivity contribution is -0.170. The van der Waals surface area contributed by atoms with Gasteiger partial charge in [0.1, 0.15) is 12.4 Å². The largest absolute Gasteiger partial charge is 0.489 e. The molecular weight excluding hydrogens is 553 g/mol. The van der Waals surface area contributed by atoms with Crippen LogP contribution < -0.4 is 15.0 Å².